The van der Waals surface area contributed by atoms with E-state index in [1.54, 1.807) is 22.0 Å². The molecule has 1 saturated heterocycles. The van der Waals surface area contributed by atoms with Gasteiger partial charge in [0.05, 0.1) is 10.2 Å². The van der Waals surface area contributed by atoms with Gasteiger partial charge in [0.15, 0.2) is 5.65 Å². The molecule has 7 nitrogen and oxygen atoms in total. The van der Waals surface area contributed by atoms with Crippen LogP contribution in [0.4, 0.5) is 11.5 Å². The maximum atomic E-state index is 14.0. The summed E-state index contributed by atoms with van der Waals surface area (Å²) in [6.45, 7) is 3.85. The maximum absolute atomic E-state index is 14.0. The third-order valence-electron chi connectivity index (χ3n) is 7.48. The number of nitrogens with one attached hydrogen (secondary N) is 1. The van der Waals surface area contributed by atoms with Crippen LogP contribution in [0.15, 0.2) is 76.7 Å². The van der Waals surface area contributed by atoms with Crippen LogP contribution in [0.2, 0.25) is 0 Å². The number of hydrogen-bond acceptors (Lipinski definition) is 6. The fraction of sp³-hybridized carbons (Fsp3) is 0.233. The number of nitrogens with two attached hydrogens (primary N) is 1. The van der Waals surface area contributed by atoms with Gasteiger partial charge in [-0.05, 0) is 64.2 Å². The molecule has 0 radical (unpaired) electrons. The molecule has 39 heavy (non-hydrogen) atoms. The van der Waals surface area contributed by atoms with Gasteiger partial charge in [0.1, 0.15) is 17.1 Å². The first-order chi connectivity index (χ1) is 19.0. The molecule has 0 spiro atoms. The van der Waals surface area contributed by atoms with Gasteiger partial charge in [-0.3, -0.25) is 4.79 Å². The Labute approximate surface area is 239 Å². The fourth-order valence-electron chi connectivity index (χ4n) is 5.29. The van der Waals surface area contributed by atoms with E-state index in [0.717, 1.165) is 44.7 Å². The van der Waals surface area contributed by atoms with Crippen molar-refractivity contribution >= 4 is 50.3 Å². The van der Waals surface area contributed by atoms with E-state index >= 15 is 0 Å². The van der Waals surface area contributed by atoms with Crippen molar-refractivity contribution in [1.29, 1.82) is 0 Å². The molecule has 5 aromatic rings. The number of carbonyl (C=O) groups is 1. The number of aryl methyl sites for hydroxylation is 1. The molecule has 0 bridgehead atoms. The van der Waals surface area contributed by atoms with Crippen molar-refractivity contribution in [2.24, 2.45) is 5.73 Å². The molecule has 0 aliphatic carbocycles. The van der Waals surface area contributed by atoms with E-state index in [2.05, 4.69) is 52.4 Å². The third kappa shape index (κ3) is 4.86. The minimum atomic E-state index is -0.0400. The van der Waals surface area contributed by atoms with Gasteiger partial charge in [-0.25, -0.2) is 4.98 Å². The second kappa shape index (κ2) is 10.9. The summed E-state index contributed by atoms with van der Waals surface area (Å²) in [6, 6.07) is 20.5. The number of fused-ring (bicyclic) bond motifs is 1. The Morgan fingerprint density at radius 1 is 1.10 bits per heavy atom. The van der Waals surface area contributed by atoms with Crippen molar-refractivity contribution in [3.8, 4) is 11.3 Å². The molecule has 1 aliphatic rings. The normalized spacial score (nSPS) is 14.2. The highest BCUT2D eigenvalue weighted by molar-refractivity contribution is 9.10. The molecule has 0 unspecified atom stereocenters. The van der Waals surface area contributed by atoms with Crippen LogP contribution in [0.5, 0.6) is 0 Å². The quantitative estimate of drug-likeness (QED) is 0.225. The molecular formula is C30H29BrN6OS. The highest BCUT2D eigenvalue weighted by atomic mass is 79.9. The Kier molecular flexibility index (Phi) is 7.20. The SMILES string of the molecule is Cc1sccc1Nc1c(C(=O)N2CCC(c3ccccc3)CC2)cnc2c(Br)c(-c3ccccc3CN)nn12. The second-order valence-corrected chi connectivity index (χ2v) is 11.7. The molecule has 2 aromatic carbocycles. The van der Waals surface area contributed by atoms with E-state index in [0.29, 0.717) is 42.6 Å². The Morgan fingerprint density at radius 2 is 1.85 bits per heavy atom. The van der Waals surface area contributed by atoms with E-state index in [9.17, 15) is 4.79 Å². The standard InChI is InChI=1S/C30H29BrN6OS/c1-19-25(13-16-39-19)34-28-24(30(38)36-14-11-21(12-15-36)20-7-3-2-4-8-20)18-33-29-26(31)27(35-37(28)29)23-10-6-5-9-22(23)17-32/h2-10,13,16,18,21,34H,11-12,14-15,17,32H2,1H3. The maximum Gasteiger partial charge on any atom is 0.259 e. The van der Waals surface area contributed by atoms with Gasteiger partial charge < -0.3 is 16.0 Å². The number of benzene rings is 2. The van der Waals surface area contributed by atoms with E-state index in [4.69, 9.17) is 15.8 Å². The molecule has 198 valence electrons. The average Bonchev–Trinajstić information content (AvgIpc) is 3.55. The van der Waals surface area contributed by atoms with Gasteiger partial charge in [-0.2, -0.15) is 9.61 Å². The van der Waals surface area contributed by atoms with Crippen LogP contribution in [-0.4, -0.2) is 38.5 Å². The number of thiophene rings is 1. The highest BCUT2D eigenvalue weighted by Crippen LogP contribution is 2.36. The van der Waals surface area contributed by atoms with Crippen LogP contribution in [0.1, 0.15) is 45.1 Å². The molecule has 3 N–H and O–H groups in total. The summed E-state index contributed by atoms with van der Waals surface area (Å²) in [6.07, 6.45) is 3.55. The molecule has 9 heteroatoms. The fourth-order valence-corrected chi connectivity index (χ4v) is 6.51. The zero-order valence-corrected chi connectivity index (χ0v) is 24.0. The molecule has 1 fully saturated rings. The van der Waals surface area contributed by atoms with Crippen molar-refractivity contribution in [3.05, 3.63) is 98.3 Å². The van der Waals surface area contributed by atoms with Crippen molar-refractivity contribution in [2.45, 2.75) is 32.2 Å². The Balaban J connectivity index is 1.39. The first kappa shape index (κ1) is 25.7. The van der Waals surface area contributed by atoms with Crippen molar-refractivity contribution < 1.29 is 4.79 Å². The lowest BCUT2D eigenvalue weighted by Crippen LogP contribution is -2.38. The minimum absolute atomic E-state index is 0.0400. The number of likely N-dealkylation sites (tertiary alicyclic amines) is 1. The van der Waals surface area contributed by atoms with Crippen LogP contribution in [0.3, 0.4) is 0 Å². The van der Waals surface area contributed by atoms with Crippen LogP contribution in [-0.2, 0) is 6.54 Å². The van der Waals surface area contributed by atoms with Gasteiger partial charge in [0.25, 0.3) is 5.91 Å². The van der Waals surface area contributed by atoms with E-state index in [-0.39, 0.29) is 5.91 Å². The minimum Gasteiger partial charge on any atom is -0.338 e. The van der Waals surface area contributed by atoms with Crippen LogP contribution in [0, 0.1) is 6.92 Å². The first-order valence-electron chi connectivity index (χ1n) is 13.1. The zero-order chi connectivity index (χ0) is 26.9. The van der Waals surface area contributed by atoms with Gasteiger partial charge in [-0.1, -0.05) is 54.6 Å². The lowest BCUT2D eigenvalue weighted by Gasteiger charge is -2.32. The number of carbonyl (C=O) groups excluding carboxylic acids is 1. The molecule has 0 saturated carbocycles. The van der Waals surface area contributed by atoms with Crippen molar-refractivity contribution in [2.75, 3.05) is 18.4 Å². The molecule has 0 atom stereocenters. The Morgan fingerprint density at radius 3 is 2.56 bits per heavy atom. The second-order valence-electron chi connectivity index (χ2n) is 9.77. The summed E-state index contributed by atoms with van der Waals surface area (Å²) in [7, 11) is 0. The zero-order valence-electron chi connectivity index (χ0n) is 21.6. The Bertz CT molecular complexity index is 1640. The topological polar surface area (TPSA) is 88.5 Å². The summed E-state index contributed by atoms with van der Waals surface area (Å²) < 4.78 is 2.50. The smallest absolute Gasteiger partial charge is 0.259 e. The summed E-state index contributed by atoms with van der Waals surface area (Å²) in [5, 5.41) is 10.5. The number of anilines is 2. The molecule has 4 heterocycles. The van der Waals surface area contributed by atoms with E-state index < -0.39 is 0 Å². The number of amides is 1. The summed E-state index contributed by atoms with van der Waals surface area (Å²) in [4.78, 5) is 21.7. The van der Waals surface area contributed by atoms with Crippen molar-refractivity contribution in [3.63, 3.8) is 0 Å². The summed E-state index contributed by atoms with van der Waals surface area (Å²) in [5.41, 5.74) is 12.1. The highest BCUT2D eigenvalue weighted by Gasteiger charge is 2.29. The first-order valence-corrected chi connectivity index (χ1v) is 14.7. The molecular weight excluding hydrogens is 572 g/mol. The van der Waals surface area contributed by atoms with Gasteiger partial charge in [0, 0.05) is 36.3 Å². The van der Waals surface area contributed by atoms with Gasteiger partial charge in [0.2, 0.25) is 0 Å². The largest absolute Gasteiger partial charge is 0.338 e. The van der Waals surface area contributed by atoms with Crippen LogP contribution >= 0.6 is 27.3 Å². The number of rotatable bonds is 6. The predicted octanol–water partition coefficient (Wildman–Crippen LogP) is 6.75. The monoisotopic (exact) mass is 600 g/mol. The van der Waals surface area contributed by atoms with Crippen LogP contribution in [0.25, 0.3) is 16.9 Å². The lowest BCUT2D eigenvalue weighted by molar-refractivity contribution is 0.0713. The van der Waals surface area contributed by atoms with Gasteiger partial charge in [-0.15, -0.1) is 11.3 Å². The lowest BCUT2D eigenvalue weighted by atomic mass is 9.89. The molecule has 3 aromatic heterocycles. The van der Waals surface area contributed by atoms with Gasteiger partial charge >= 0.3 is 0 Å². The average molecular weight is 602 g/mol. The molecule has 1 aliphatic heterocycles. The predicted molar refractivity (Wildman–Crippen MR) is 161 cm³/mol. The number of aromatic nitrogens is 3. The Hall–Kier alpha value is -3.53. The summed E-state index contributed by atoms with van der Waals surface area (Å²) >= 11 is 5.39. The number of nitrogens with zero attached hydrogens (tertiary/aromatic N) is 4. The number of piperidine rings is 1. The summed E-state index contributed by atoms with van der Waals surface area (Å²) in [5.74, 6) is 1.03. The van der Waals surface area contributed by atoms with E-state index in [1.165, 1.54) is 5.56 Å². The molecule has 6 rings (SSSR count). The third-order valence-corrected chi connectivity index (χ3v) is 9.05. The van der Waals surface area contributed by atoms with Crippen LogP contribution < -0.4 is 11.1 Å². The van der Waals surface area contributed by atoms with Crippen molar-refractivity contribution in [1.82, 2.24) is 19.5 Å². The number of halogens is 1. The molecule has 1 amide bonds. The van der Waals surface area contributed by atoms with E-state index in [1.807, 2.05) is 46.7 Å². The number of hydrogen-bond donors (Lipinski definition) is 2.